The second kappa shape index (κ2) is 9.08. The van der Waals surface area contributed by atoms with Crippen molar-refractivity contribution in [2.45, 2.75) is 19.4 Å². The maximum atomic E-state index is 12.4. The zero-order chi connectivity index (χ0) is 21.7. The van der Waals surface area contributed by atoms with Crippen molar-refractivity contribution in [3.8, 4) is 11.5 Å². The Morgan fingerprint density at radius 1 is 1.07 bits per heavy atom. The van der Waals surface area contributed by atoms with E-state index >= 15 is 0 Å². The number of benzene rings is 2. The number of rotatable bonds is 7. The summed E-state index contributed by atoms with van der Waals surface area (Å²) in [6, 6.07) is 11.7. The lowest BCUT2D eigenvalue weighted by molar-refractivity contribution is -0.152. The smallest absolute Gasteiger partial charge is 0.312 e. The van der Waals surface area contributed by atoms with Crippen molar-refractivity contribution in [2.24, 2.45) is 0 Å². The van der Waals surface area contributed by atoms with Gasteiger partial charge in [0.05, 0.1) is 31.7 Å². The molecule has 1 heterocycles. The van der Waals surface area contributed by atoms with Crippen LogP contribution in [0.5, 0.6) is 11.5 Å². The van der Waals surface area contributed by atoms with E-state index in [0.29, 0.717) is 33.7 Å². The van der Waals surface area contributed by atoms with Gasteiger partial charge in [-0.25, -0.2) is 5.10 Å². The van der Waals surface area contributed by atoms with Gasteiger partial charge in [0.15, 0.2) is 17.6 Å². The Balaban J connectivity index is 1.65. The van der Waals surface area contributed by atoms with Crippen molar-refractivity contribution < 1.29 is 23.8 Å². The van der Waals surface area contributed by atoms with Crippen molar-refractivity contribution in [1.82, 2.24) is 10.2 Å². The Kier molecular flexibility index (Phi) is 6.31. The molecule has 9 nitrogen and oxygen atoms in total. The lowest BCUT2D eigenvalue weighted by Gasteiger charge is -2.15. The number of anilines is 1. The average molecular weight is 411 g/mol. The highest BCUT2D eigenvalue weighted by atomic mass is 16.5. The van der Waals surface area contributed by atoms with Gasteiger partial charge >= 0.3 is 5.97 Å². The SMILES string of the molecule is COc1ccc(NC(=O)[C@H](C)OC(=O)Cc2n[nH]c(=O)c3ccccc23)cc1OC. The number of methoxy groups -OCH3 is 2. The van der Waals surface area contributed by atoms with E-state index in [-0.39, 0.29) is 12.0 Å². The number of fused-ring (bicyclic) bond motifs is 1. The van der Waals surface area contributed by atoms with Gasteiger partial charge in [0.1, 0.15) is 0 Å². The Hall–Kier alpha value is -3.88. The second-order valence-electron chi connectivity index (χ2n) is 6.41. The molecule has 2 N–H and O–H groups in total. The fourth-order valence-corrected chi connectivity index (χ4v) is 2.89. The van der Waals surface area contributed by atoms with Gasteiger partial charge < -0.3 is 19.5 Å². The van der Waals surface area contributed by atoms with Crippen molar-refractivity contribution in [2.75, 3.05) is 19.5 Å². The topological polar surface area (TPSA) is 120 Å². The standard InChI is InChI=1S/C21H21N3O6/c1-12(20(26)22-13-8-9-17(28-2)18(10-13)29-3)30-19(25)11-16-14-6-4-5-7-15(14)21(27)24-23-16/h4-10,12H,11H2,1-3H3,(H,22,26)(H,24,27)/t12-/m0/s1. The van der Waals surface area contributed by atoms with E-state index in [1.165, 1.54) is 21.1 Å². The van der Waals surface area contributed by atoms with E-state index in [9.17, 15) is 14.4 Å². The first-order chi connectivity index (χ1) is 14.4. The monoisotopic (exact) mass is 411 g/mol. The number of nitrogens with one attached hydrogen (secondary N) is 2. The molecule has 0 bridgehead atoms. The largest absolute Gasteiger partial charge is 0.493 e. The minimum atomic E-state index is -1.04. The summed E-state index contributed by atoms with van der Waals surface area (Å²) >= 11 is 0. The van der Waals surface area contributed by atoms with Crippen LogP contribution in [0.1, 0.15) is 12.6 Å². The molecule has 1 aromatic heterocycles. The number of aromatic nitrogens is 2. The molecule has 0 aliphatic carbocycles. The van der Waals surface area contributed by atoms with E-state index in [2.05, 4.69) is 15.5 Å². The summed E-state index contributed by atoms with van der Waals surface area (Å²) in [5.74, 6) is -0.170. The van der Waals surface area contributed by atoms with Gasteiger partial charge in [-0.05, 0) is 25.1 Å². The van der Waals surface area contributed by atoms with Gasteiger partial charge in [0, 0.05) is 17.1 Å². The summed E-state index contributed by atoms with van der Waals surface area (Å²) in [4.78, 5) is 36.5. The molecule has 0 saturated carbocycles. The predicted octanol–water partition coefficient (Wildman–Crippen LogP) is 2.05. The number of carbonyl (C=O) groups is 2. The number of hydrogen-bond donors (Lipinski definition) is 2. The van der Waals surface area contributed by atoms with E-state index in [4.69, 9.17) is 14.2 Å². The van der Waals surface area contributed by atoms with Crippen LogP contribution in [-0.4, -0.2) is 42.4 Å². The van der Waals surface area contributed by atoms with Gasteiger partial charge in [0.25, 0.3) is 11.5 Å². The first-order valence-electron chi connectivity index (χ1n) is 9.11. The first-order valence-corrected chi connectivity index (χ1v) is 9.11. The maximum Gasteiger partial charge on any atom is 0.312 e. The number of esters is 1. The van der Waals surface area contributed by atoms with Crippen LogP contribution in [0.25, 0.3) is 10.8 Å². The van der Waals surface area contributed by atoms with Crippen LogP contribution >= 0.6 is 0 Å². The number of carbonyl (C=O) groups excluding carboxylic acids is 2. The molecular weight excluding hydrogens is 390 g/mol. The third-order valence-corrected chi connectivity index (χ3v) is 4.42. The first kappa shape index (κ1) is 20.8. The Morgan fingerprint density at radius 3 is 2.47 bits per heavy atom. The molecule has 156 valence electrons. The van der Waals surface area contributed by atoms with E-state index in [1.54, 1.807) is 42.5 Å². The number of nitrogens with zero attached hydrogens (tertiary/aromatic N) is 1. The van der Waals surface area contributed by atoms with Crippen molar-refractivity contribution >= 4 is 28.3 Å². The molecule has 0 aliphatic heterocycles. The summed E-state index contributed by atoms with van der Waals surface area (Å²) in [5.41, 5.74) is 0.488. The van der Waals surface area contributed by atoms with E-state index < -0.39 is 18.0 Å². The molecule has 30 heavy (non-hydrogen) atoms. The van der Waals surface area contributed by atoms with Crippen LogP contribution in [-0.2, 0) is 20.7 Å². The van der Waals surface area contributed by atoms with Crippen molar-refractivity contribution in [3.63, 3.8) is 0 Å². The molecule has 0 spiro atoms. The number of aromatic amines is 1. The molecule has 1 amide bonds. The highest BCUT2D eigenvalue weighted by Crippen LogP contribution is 2.29. The third kappa shape index (κ3) is 4.57. The molecule has 0 aliphatic rings. The molecule has 2 aromatic carbocycles. The normalized spacial score (nSPS) is 11.6. The molecule has 0 radical (unpaired) electrons. The summed E-state index contributed by atoms with van der Waals surface area (Å²) in [6.45, 7) is 1.46. The van der Waals surface area contributed by atoms with E-state index in [0.717, 1.165) is 0 Å². The van der Waals surface area contributed by atoms with Gasteiger partial charge in [-0.15, -0.1) is 0 Å². The lowest BCUT2D eigenvalue weighted by Crippen LogP contribution is -2.30. The average Bonchev–Trinajstić information content (AvgIpc) is 2.75. The highest BCUT2D eigenvalue weighted by Gasteiger charge is 2.20. The molecule has 3 aromatic rings. The molecule has 3 rings (SSSR count). The summed E-state index contributed by atoms with van der Waals surface area (Å²) in [6.07, 6.45) is -1.23. The molecule has 9 heteroatoms. The van der Waals surface area contributed by atoms with Crippen molar-refractivity contribution in [3.05, 3.63) is 58.5 Å². The maximum absolute atomic E-state index is 12.4. The van der Waals surface area contributed by atoms with Crippen molar-refractivity contribution in [1.29, 1.82) is 0 Å². The summed E-state index contributed by atoms with van der Waals surface area (Å²) < 4.78 is 15.6. The van der Waals surface area contributed by atoms with Gasteiger partial charge in [-0.1, -0.05) is 18.2 Å². The Labute approximate surface area is 172 Å². The van der Waals surface area contributed by atoms with Gasteiger partial charge in [-0.3, -0.25) is 14.4 Å². The predicted molar refractivity (Wildman–Crippen MR) is 110 cm³/mol. The van der Waals surface area contributed by atoms with Crippen LogP contribution in [0, 0.1) is 0 Å². The molecule has 0 saturated heterocycles. The fourth-order valence-electron chi connectivity index (χ4n) is 2.89. The number of ether oxygens (including phenoxy) is 3. The Bertz CT molecular complexity index is 1140. The minimum absolute atomic E-state index is 0.189. The minimum Gasteiger partial charge on any atom is -0.493 e. The van der Waals surface area contributed by atoms with Crippen LogP contribution in [0.2, 0.25) is 0 Å². The number of H-pyrrole nitrogens is 1. The zero-order valence-corrected chi connectivity index (χ0v) is 16.7. The van der Waals surface area contributed by atoms with Crippen LogP contribution < -0.4 is 20.3 Å². The zero-order valence-electron chi connectivity index (χ0n) is 16.7. The molecular formula is C21H21N3O6. The molecule has 0 fully saturated rings. The summed E-state index contributed by atoms with van der Waals surface area (Å²) in [5, 5.41) is 9.94. The summed E-state index contributed by atoms with van der Waals surface area (Å²) in [7, 11) is 3.00. The number of hydrogen-bond acceptors (Lipinski definition) is 7. The lowest BCUT2D eigenvalue weighted by atomic mass is 10.1. The Morgan fingerprint density at radius 2 is 1.77 bits per heavy atom. The second-order valence-corrected chi connectivity index (χ2v) is 6.41. The van der Waals surface area contributed by atoms with Gasteiger partial charge in [-0.2, -0.15) is 5.10 Å². The van der Waals surface area contributed by atoms with Gasteiger partial charge in [0.2, 0.25) is 0 Å². The van der Waals surface area contributed by atoms with Crippen LogP contribution in [0.3, 0.4) is 0 Å². The number of amides is 1. The van der Waals surface area contributed by atoms with E-state index in [1.807, 2.05) is 0 Å². The molecule has 1 atom stereocenters. The van der Waals surface area contributed by atoms with Crippen LogP contribution in [0.15, 0.2) is 47.3 Å². The highest BCUT2D eigenvalue weighted by molar-refractivity contribution is 5.95. The fraction of sp³-hybridized carbons (Fsp3) is 0.238. The molecule has 0 unspecified atom stereocenters. The van der Waals surface area contributed by atoms with Crippen LogP contribution in [0.4, 0.5) is 5.69 Å². The third-order valence-electron chi connectivity index (χ3n) is 4.42. The quantitative estimate of drug-likeness (QED) is 0.571.